The molecule has 0 radical (unpaired) electrons. The first-order valence-corrected chi connectivity index (χ1v) is 15.5. The topological polar surface area (TPSA) is 97.6 Å². The van der Waals surface area contributed by atoms with Crippen LogP contribution in [0.15, 0.2) is 60.7 Å². The van der Waals surface area contributed by atoms with Gasteiger partial charge in [-0.05, 0) is 111 Å². The maximum absolute atomic E-state index is 13.3. The molecule has 2 N–H and O–H groups in total. The van der Waals surface area contributed by atoms with Gasteiger partial charge < -0.3 is 19.7 Å². The number of rotatable bonds is 14. The molecule has 2 atom stereocenters. The first-order valence-electron chi connectivity index (χ1n) is 15.2. The summed E-state index contributed by atoms with van der Waals surface area (Å²) in [5.74, 6) is 1.37. The number of aryl methyl sites for hydroxylation is 1. The Balaban J connectivity index is 1.36. The van der Waals surface area contributed by atoms with Gasteiger partial charge >= 0.3 is 5.43 Å². The number of carbonyl (C=O) groups excluding carboxylic acids is 3. The largest absolute Gasteiger partial charge is 0.508 e. The van der Waals surface area contributed by atoms with Crippen molar-refractivity contribution in [2.75, 3.05) is 19.7 Å². The predicted molar refractivity (Wildman–Crippen MR) is 170 cm³/mol. The molecule has 43 heavy (non-hydrogen) atoms. The third-order valence-corrected chi connectivity index (χ3v) is 8.70. The normalized spacial score (nSPS) is 14.9. The number of ketones is 2. The molecule has 1 aliphatic rings. The van der Waals surface area contributed by atoms with Crippen molar-refractivity contribution in [1.29, 1.82) is 0 Å². The Morgan fingerprint density at radius 2 is 1.56 bits per heavy atom. The number of aromatic hydroxyl groups is 1. The van der Waals surface area contributed by atoms with E-state index in [-0.39, 0.29) is 23.2 Å². The van der Waals surface area contributed by atoms with Gasteiger partial charge in [0.25, 0.3) is 0 Å². The van der Waals surface area contributed by atoms with Crippen molar-refractivity contribution in [2.24, 2.45) is 17.8 Å². The SMILES string of the molecule is CC(CCCC(=O)c1ccc2c(c1)c1cc(C(=O)c3ccc(O)cc3)ccc1n2CCC1CNC1)CC(C)COC(=O)Cl. The van der Waals surface area contributed by atoms with E-state index in [0.29, 0.717) is 41.6 Å². The highest BCUT2D eigenvalue weighted by Gasteiger charge is 2.20. The summed E-state index contributed by atoms with van der Waals surface area (Å²) in [4.78, 5) is 37.5. The summed E-state index contributed by atoms with van der Waals surface area (Å²) >= 11 is 5.27. The Morgan fingerprint density at radius 1 is 0.930 bits per heavy atom. The van der Waals surface area contributed by atoms with Gasteiger partial charge in [-0.1, -0.05) is 20.3 Å². The van der Waals surface area contributed by atoms with Crippen LogP contribution in [0.3, 0.4) is 0 Å². The highest BCUT2D eigenvalue weighted by atomic mass is 35.5. The molecule has 4 aromatic rings. The molecule has 0 aliphatic carbocycles. The second-order valence-electron chi connectivity index (χ2n) is 12.1. The van der Waals surface area contributed by atoms with Crippen molar-refractivity contribution in [1.82, 2.24) is 9.88 Å². The average Bonchev–Trinajstić information content (AvgIpc) is 3.27. The van der Waals surface area contributed by atoms with Crippen LogP contribution >= 0.6 is 11.6 Å². The van der Waals surface area contributed by atoms with E-state index >= 15 is 0 Å². The summed E-state index contributed by atoms with van der Waals surface area (Å²) in [5, 5.41) is 14.9. The monoisotopic (exact) mass is 602 g/mol. The van der Waals surface area contributed by atoms with Crippen LogP contribution in [0.1, 0.15) is 72.2 Å². The number of aromatic nitrogens is 1. The molecule has 1 fully saturated rings. The van der Waals surface area contributed by atoms with Crippen molar-refractivity contribution in [3.8, 4) is 5.75 Å². The van der Waals surface area contributed by atoms with E-state index in [1.54, 1.807) is 12.1 Å². The van der Waals surface area contributed by atoms with Crippen molar-refractivity contribution in [2.45, 2.75) is 52.5 Å². The van der Waals surface area contributed by atoms with Gasteiger partial charge in [-0.15, -0.1) is 0 Å². The summed E-state index contributed by atoms with van der Waals surface area (Å²) in [6, 6.07) is 18.1. The van der Waals surface area contributed by atoms with Crippen molar-refractivity contribution >= 4 is 50.4 Å². The first-order chi connectivity index (χ1) is 20.7. The van der Waals surface area contributed by atoms with E-state index in [0.717, 1.165) is 67.1 Å². The molecular formula is C35H39ClN2O5. The van der Waals surface area contributed by atoms with Gasteiger partial charge in [0.15, 0.2) is 11.6 Å². The number of Topliss-reactive ketones (excluding diaryl/α,β-unsaturated/α-hetero) is 1. The number of nitrogens with one attached hydrogen (secondary N) is 1. The molecule has 0 bridgehead atoms. The van der Waals surface area contributed by atoms with E-state index in [9.17, 15) is 19.5 Å². The average molecular weight is 603 g/mol. The van der Waals surface area contributed by atoms with Crippen LogP contribution in [-0.2, 0) is 11.3 Å². The Bertz CT molecular complexity index is 1620. The van der Waals surface area contributed by atoms with Gasteiger partial charge in [0.2, 0.25) is 0 Å². The van der Waals surface area contributed by atoms with E-state index in [1.807, 2.05) is 43.3 Å². The van der Waals surface area contributed by atoms with E-state index < -0.39 is 5.43 Å². The van der Waals surface area contributed by atoms with Gasteiger partial charge in [-0.25, -0.2) is 4.79 Å². The number of benzene rings is 3. The van der Waals surface area contributed by atoms with Crippen LogP contribution in [0.25, 0.3) is 21.8 Å². The van der Waals surface area contributed by atoms with Gasteiger partial charge in [-0.3, -0.25) is 9.59 Å². The lowest BCUT2D eigenvalue weighted by molar-refractivity contribution is 0.0975. The summed E-state index contributed by atoms with van der Waals surface area (Å²) in [5.41, 5.74) is 3.10. The summed E-state index contributed by atoms with van der Waals surface area (Å²) < 4.78 is 7.21. The second-order valence-corrected chi connectivity index (χ2v) is 12.4. The Hall–Kier alpha value is -3.68. The Kier molecular flexibility index (Phi) is 9.83. The number of hydrogen-bond acceptors (Lipinski definition) is 6. The fourth-order valence-electron chi connectivity index (χ4n) is 6.14. The van der Waals surface area contributed by atoms with Crippen molar-refractivity contribution in [3.63, 3.8) is 0 Å². The summed E-state index contributed by atoms with van der Waals surface area (Å²) in [7, 11) is 0. The third kappa shape index (κ3) is 7.46. The lowest BCUT2D eigenvalue weighted by atomic mass is 9.92. The van der Waals surface area contributed by atoms with Crippen LogP contribution in [0.2, 0.25) is 0 Å². The molecule has 226 valence electrons. The number of phenols is 1. The van der Waals surface area contributed by atoms with Crippen molar-refractivity contribution < 1.29 is 24.2 Å². The van der Waals surface area contributed by atoms with Crippen molar-refractivity contribution in [3.05, 3.63) is 77.4 Å². The number of fused-ring (bicyclic) bond motifs is 3. The molecule has 1 aromatic heterocycles. The minimum atomic E-state index is -0.777. The summed E-state index contributed by atoms with van der Waals surface area (Å²) in [6.07, 6.45) is 4.10. The third-order valence-electron chi connectivity index (χ3n) is 8.59. The molecule has 3 aromatic carbocycles. The molecule has 8 heteroatoms. The van der Waals surface area contributed by atoms with E-state index in [2.05, 4.69) is 16.8 Å². The number of halogens is 1. The fourth-order valence-corrected chi connectivity index (χ4v) is 6.20. The quantitative estimate of drug-likeness (QED) is 0.113. The molecule has 1 aliphatic heterocycles. The predicted octanol–water partition coefficient (Wildman–Crippen LogP) is 7.73. The number of hydrogen-bond donors (Lipinski definition) is 2. The fraction of sp³-hybridized carbons (Fsp3) is 0.400. The molecule has 0 spiro atoms. The maximum atomic E-state index is 13.3. The molecule has 0 saturated carbocycles. The van der Waals surface area contributed by atoms with Gasteiger partial charge in [0, 0.05) is 63.1 Å². The van der Waals surface area contributed by atoms with Crippen LogP contribution in [0.5, 0.6) is 5.75 Å². The molecule has 5 rings (SSSR count). The Labute approximate surface area is 257 Å². The minimum absolute atomic E-state index is 0.107. The molecule has 2 unspecified atom stereocenters. The molecule has 1 saturated heterocycles. The van der Waals surface area contributed by atoms with Crippen LogP contribution in [-0.4, -0.2) is 46.4 Å². The molecule has 0 amide bonds. The smallest absolute Gasteiger partial charge is 0.403 e. The zero-order valence-corrected chi connectivity index (χ0v) is 25.5. The number of nitrogens with zero attached hydrogens (tertiary/aromatic N) is 1. The van der Waals surface area contributed by atoms with E-state index in [4.69, 9.17) is 16.3 Å². The van der Waals surface area contributed by atoms with Gasteiger partial charge in [0.05, 0.1) is 6.61 Å². The number of ether oxygens (including phenoxy) is 1. The molecular weight excluding hydrogens is 564 g/mol. The standard InChI is InChI=1S/C35H39ClN2O5/c1-22(16-23(2)21-43-35(36)42)4-3-5-33(40)26-8-12-31-29(17-26)30-18-27(34(41)25-6-10-28(39)11-7-25)9-13-32(30)38(31)15-14-24-19-37-20-24/h6-13,17-18,22-24,37,39H,3-5,14-16,19-21H2,1-2H3. The van der Waals surface area contributed by atoms with Gasteiger partial charge in [0.1, 0.15) is 5.75 Å². The zero-order valence-electron chi connectivity index (χ0n) is 24.8. The number of carbonyl (C=O) groups is 3. The first kappa shape index (κ1) is 30.8. The highest BCUT2D eigenvalue weighted by Crippen LogP contribution is 2.33. The van der Waals surface area contributed by atoms with Gasteiger partial charge in [-0.2, -0.15) is 0 Å². The minimum Gasteiger partial charge on any atom is -0.508 e. The Morgan fingerprint density at radius 3 is 2.19 bits per heavy atom. The summed E-state index contributed by atoms with van der Waals surface area (Å²) in [6.45, 7) is 7.43. The maximum Gasteiger partial charge on any atom is 0.403 e. The van der Waals surface area contributed by atoms with E-state index in [1.165, 1.54) is 12.1 Å². The van der Waals surface area contributed by atoms with Crippen LogP contribution in [0.4, 0.5) is 4.79 Å². The zero-order chi connectivity index (χ0) is 30.5. The highest BCUT2D eigenvalue weighted by molar-refractivity contribution is 6.61. The lowest BCUT2D eigenvalue weighted by Crippen LogP contribution is -2.42. The lowest BCUT2D eigenvalue weighted by Gasteiger charge is -2.27. The molecule has 2 heterocycles. The van der Waals surface area contributed by atoms with Crippen LogP contribution < -0.4 is 5.32 Å². The van der Waals surface area contributed by atoms with Crippen LogP contribution in [0, 0.1) is 17.8 Å². The number of phenolic OH excluding ortho intramolecular Hbond substituents is 1. The molecule has 7 nitrogen and oxygen atoms in total. The second kappa shape index (κ2) is 13.7.